The van der Waals surface area contributed by atoms with E-state index < -0.39 is 0 Å². The van der Waals surface area contributed by atoms with Crippen LogP contribution in [-0.4, -0.2) is 16.1 Å². The fourth-order valence-corrected chi connectivity index (χ4v) is 1.90. The molecule has 1 heterocycles. The lowest BCUT2D eigenvalue weighted by molar-refractivity contribution is 0.168. The van der Waals surface area contributed by atoms with Crippen molar-refractivity contribution in [3.8, 4) is 6.01 Å². The van der Waals surface area contributed by atoms with Crippen LogP contribution >= 0.6 is 0 Å². The summed E-state index contributed by atoms with van der Waals surface area (Å²) in [5, 5.41) is 0. The number of anilines is 1. The van der Waals surface area contributed by atoms with Crippen molar-refractivity contribution in [3.05, 3.63) is 12.4 Å². The first-order chi connectivity index (χ1) is 7.34. The minimum Gasteiger partial charge on any atom is -0.460 e. The monoisotopic (exact) mass is 207 g/mol. The Morgan fingerprint density at radius 2 is 1.67 bits per heavy atom. The van der Waals surface area contributed by atoms with Crippen LogP contribution in [0.5, 0.6) is 6.01 Å². The van der Waals surface area contributed by atoms with Crippen LogP contribution in [0.4, 0.5) is 5.69 Å². The van der Waals surface area contributed by atoms with Crippen molar-refractivity contribution in [1.29, 1.82) is 0 Å². The van der Waals surface area contributed by atoms with Crippen LogP contribution < -0.4 is 10.5 Å². The summed E-state index contributed by atoms with van der Waals surface area (Å²) in [5.74, 6) is 0. The van der Waals surface area contributed by atoms with Gasteiger partial charge in [0.1, 0.15) is 6.10 Å². The number of nitrogens with two attached hydrogens (primary N) is 1. The molecular formula is C11H17N3O. The minimum atomic E-state index is 0.288. The van der Waals surface area contributed by atoms with Crippen molar-refractivity contribution in [2.24, 2.45) is 0 Å². The first-order valence-electron chi connectivity index (χ1n) is 5.59. The molecule has 0 amide bonds. The first kappa shape index (κ1) is 10.2. The van der Waals surface area contributed by atoms with E-state index in [1.165, 1.54) is 25.7 Å². The van der Waals surface area contributed by atoms with Gasteiger partial charge in [0.15, 0.2) is 0 Å². The summed E-state index contributed by atoms with van der Waals surface area (Å²) in [5.41, 5.74) is 6.08. The molecule has 4 heteroatoms. The third-order valence-electron chi connectivity index (χ3n) is 2.72. The molecule has 0 radical (unpaired) electrons. The summed E-state index contributed by atoms with van der Waals surface area (Å²) in [6, 6.07) is 0.455. The molecule has 1 aromatic rings. The SMILES string of the molecule is Nc1cnc(OC2CCCCCC2)nc1. The third-order valence-corrected chi connectivity index (χ3v) is 2.72. The van der Waals surface area contributed by atoms with Gasteiger partial charge in [-0.05, 0) is 25.7 Å². The summed E-state index contributed by atoms with van der Waals surface area (Å²) < 4.78 is 5.71. The van der Waals surface area contributed by atoms with Crippen LogP contribution in [0.25, 0.3) is 0 Å². The van der Waals surface area contributed by atoms with E-state index in [0.29, 0.717) is 11.7 Å². The van der Waals surface area contributed by atoms with Gasteiger partial charge in [-0.3, -0.25) is 0 Å². The summed E-state index contributed by atoms with van der Waals surface area (Å²) in [6.45, 7) is 0. The van der Waals surface area contributed by atoms with Gasteiger partial charge >= 0.3 is 6.01 Å². The Balaban J connectivity index is 1.92. The van der Waals surface area contributed by atoms with Gasteiger partial charge in [0, 0.05) is 0 Å². The Morgan fingerprint density at radius 1 is 1.07 bits per heavy atom. The smallest absolute Gasteiger partial charge is 0.316 e. The molecule has 1 aliphatic rings. The topological polar surface area (TPSA) is 61.0 Å². The molecule has 0 saturated heterocycles. The van der Waals surface area contributed by atoms with Gasteiger partial charge in [-0.25, -0.2) is 9.97 Å². The summed E-state index contributed by atoms with van der Waals surface area (Å²) >= 11 is 0. The fourth-order valence-electron chi connectivity index (χ4n) is 1.90. The molecule has 82 valence electrons. The highest BCUT2D eigenvalue weighted by Gasteiger charge is 2.14. The molecule has 2 N–H and O–H groups in total. The van der Waals surface area contributed by atoms with Crippen molar-refractivity contribution < 1.29 is 4.74 Å². The number of rotatable bonds is 2. The predicted molar refractivity (Wildman–Crippen MR) is 58.6 cm³/mol. The highest BCUT2D eigenvalue weighted by atomic mass is 16.5. The van der Waals surface area contributed by atoms with Gasteiger partial charge < -0.3 is 10.5 Å². The zero-order valence-electron chi connectivity index (χ0n) is 8.85. The lowest BCUT2D eigenvalue weighted by Gasteiger charge is -2.14. The van der Waals surface area contributed by atoms with Crippen molar-refractivity contribution in [3.63, 3.8) is 0 Å². The van der Waals surface area contributed by atoms with Crippen LogP contribution in [0.2, 0.25) is 0 Å². The standard InChI is InChI=1S/C11H17N3O/c12-9-7-13-11(14-8-9)15-10-5-3-1-2-4-6-10/h7-8,10H,1-6,12H2. The first-order valence-corrected chi connectivity index (χ1v) is 5.59. The Kier molecular flexibility index (Phi) is 3.37. The maximum absolute atomic E-state index is 5.71. The Hall–Kier alpha value is -1.32. The molecule has 15 heavy (non-hydrogen) atoms. The van der Waals surface area contributed by atoms with Crippen molar-refractivity contribution in [2.75, 3.05) is 5.73 Å². The zero-order valence-corrected chi connectivity index (χ0v) is 8.85. The number of nitrogen functional groups attached to an aromatic ring is 1. The lowest BCUT2D eigenvalue weighted by Crippen LogP contribution is -2.16. The van der Waals surface area contributed by atoms with Crippen LogP contribution in [0.3, 0.4) is 0 Å². The van der Waals surface area contributed by atoms with Crippen LogP contribution in [0, 0.1) is 0 Å². The van der Waals surface area contributed by atoms with Gasteiger partial charge in [0.2, 0.25) is 0 Å². The van der Waals surface area contributed by atoms with E-state index in [1.54, 1.807) is 12.4 Å². The van der Waals surface area contributed by atoms with Gasteiger partial charge in [0.05, 0.1) is 18.1 Å². The molecule has 0 aromatic carbocycles. The molecule has 0 spiro atoms. The number of aromatic nitrogens is 2. The number of hydrogen-bond acceptors (Lipinski definition) is 4. The maximum Gasteiger partial charge on any atom is 0.316 e. The molecule has 0 unspecified atom stereocenters. The maximum atomic E-state index is 5.71. The number of ether oxygens (including phenoxy) is 1. The van der Waals surface area contributed by atoms with Crippen molar-refractivity contribution >= 4 is 5.69 Å². The van der Waals surface area contributed by atoms with E-state index in [1.807, 2.05) is 0 Å². The van der Waals surface area contributed by atoms with Crippen LogP contribution in [0.1, 0.15) is 38.5 Å². The normalized spacial score (nSPS) is 18.4. The lowest BCUT2D eigenvalue weighted by atomic mass is 10.2. The molecule has 1 aliphatic carbocycles. The van der Waals surface area contributed by atoms with Gasteiger partial charge in [-0.2, -0.15) is 0 Å². The van der Waals surface area contributed by atoms with Gasteiger partial charge in [0.25, 0.3) is 0 Å². The average Bonchev–Trinajstić information content (AvgIpc) is 2.50. The fraction of sp³-hybridized carbons (Fsp3) is 0.636. The van der Waals surface area contributed by atoms with E-state index >= 15 is 0 Å². The molecule has 1 saturated carbocycles. The number of hydrogen-bond donors (Lipinski definition) is 1. The molecule has 0 bridgehead atoms. The third kappa shape index (κ3) is 3.08. The molecule has 2 rings (SSSR count). The Labute approximate surface area is 89.9 Å². The predicted octanol–water partition coefficient (Wildman–Crippen LogP) is 2.16. The minimum absolute atomic E-state index is 0.288. The molecule has 4 nitrogen and oxygen atoms in total. The highest BCUT2D eigenvalue weighted by Crippen LogP contribution is 2.20. The van der Waals surface area contributed by atoms with E-state index in [-0.39, 0.29) is 6.10 Å². The largest absolute Gasteiger partial charge is 0.460 e. The molecule has 1 fully saturated rings. The second-order valence-corrected chi connectivity index (χ2v) is 4.03. The molecular weight excluding hydrogens is 190 g/mol. The second-order valence-electron chi connectivity index (χ2n) is 4.03. The van der Waals surface area contributed by atoms with E-state index in [9.17, 15) is 0 Å². The summed E-state index contributed by atoms with van der Waals surface area (Å²) in [4.78, 5) is 8.09. The molecule has 0 atom stereocenters. The second kappa shape index (κ2) is 4.96. The number of nitrogens with zero attached hydrogens (tertiary/aromatic N) is 2. The summed E-state index contributed by atoms with van der Waals surface area (Å²) in [7, 11) is 0. The molecule has 0 aliphatic heterocycles. The van der Waals surface area contributed by atoms with Crippen molar-refractivity contribution in [1.82, 2.24) is 9.97 Å². The van der Waals surface area contributed by atoms with Crippen LogP contribution in [-0.2, 0) is 0 Å². The Morgan fingerprint density at radius 3 is 2.27 bits per heavy atom. The van der Waals surface area contributed by atoms with E-state index in [2.05, 4.69) is 9.97 Å². The van der Waals surface area contributed by atoms with Crippen LogP contribution in [0.15, 0.2) is 12.4 Å². The molecule has 1 aromatic heterocycles. The van der Waals surface area contributed by atoms with Crippen molar-refractivity contribution in [2.45, 2.75) is 44.6 Å². The highest BCUT2D eigenvalue weighted by molar-refractivity contribution is 5.30. The van der Waals surface area contributed by atoms with Gasteiger partial charge in [-0.15, -0.1) is 0 Å². The average molecular weight is 207 g/mol. The quantitative estimate of drug-likeness (QED) is 0.755. The Bertz CT molecular complexity index is 291. The van der Waals surface area contributed by atoms with E-state index in [0.717, 1.165) is 12.8 Å². The zero-order chi connectivity index (χ0) is 10.5. The van der Waals surface area contributed by atoms with Gasteiger partial charge in [-0.1, -0.05) is 12.8 Å². The summed E-state index contributed by atoms with van der Waals surface area (Å²) in [6.07, 6.45) is 10.8. The van der Waals surface area contributed by atoms with E-state index in [4.69, 9.17) is 10.5 Å².